The first-order valence-corrected chi connectivity index (χ1v) is 7.73. The number of rotatable bonds is 2. The zero-order chi connectivity index (χ0) is 15.5. The Labute approximate surface area is 129 Å². The molecule has 2 aromatic rings. The maximum Gasteiger partial charge on any atom is 0.319 e. The third-order valence-corrected chi connectivity index (χ3v) is 4.13. The number of amides is 2. The number of nitrogens with one attached hydrogen (secondary N) is 2. The van der Waals surface area contributed by atoms with E-state index < -0.39 is 0 Å². The Morgan fingerprint density at radius 1 is 1.27 bits per heavy atom. The minimum Gasteiger partial charge on any atom is -0.393 e. The fraction of sp³-hybridized carbons (Fsp3) is 0.412. The number of pyridine rings is 1. The van der Waals surface area contributed by atoms with Gasteiger partial charge in [0.1, 0.15) is 0 Å². The van der Waals surface area contributed by atoms with Gasteiger partial charge in [0.2, 0.25) is 0 Å². The van der Waals surface area contributed by atoms with Crippen molar-refractivity contribution in [2.24, 2.45) is 0 Å². The molecule has 3 N–H and O–H groups in total. The Balaban J connectivity index is 1.71. The van der Waals surface area contributed by atoms with Gasteiger partial charge in [-0.3, -0.25) is 4.98 Å². The number of anilines is 1. The summed E-state index contributed by atoms with van der Waals surface area (Å²) in [6.45, 7) is 2.00. The molecule has 2 amide bonds. The maximum absolute atomic E-state index is 12.2. The summed E-state index contributed by atoms with van der Waals surface area (Å²) in [5.74, 6) is 0. The third-order valence-electron chi connectivity index (χ3n) is 4.13. The van der Waals surface area contributed by atoms with Crippen LogP contribution < -0.4 is 10.6 Å². The van der Waals surface area contributed by atoms with Crippen molar-refractivity contribution in [1.29, 1.82) is 0 Å². The molecule has 0 bridgehead atoms. The van der Waals surface area contributed by atoms with E-state index in [1.165, 1.54) is 0 Å². The largest absolute Gasteiger partial charge is 0.393 e. The molecule has 5 nitrogen and oxygen atoms in total. The molecule has 0 saturated heterocycles. The van der Waals surface area contributed by atoms with E-state index in [1.807, 2.05) is 31.2 Å². The second-order valence-electron chi connectivity index (χ2n) is 5.99. The number of hydrogen-bond donors (Lipinski definition) is 3. The molecule has 1 aromatic carbocycles. The first-order valence-electron chi connectivity index (χ1n) is 7.73. The lowest BCUT2D eigenvalue weighted by atomic mass is 9.93. The van der Waals surface area contributed by atoms with Crippen molar-refractivity contribution in [3.05, 3.63) is 36.0 Å². The van der Waals surface area contributed by atoms with Gasteiger partial charge in [-0.15, -0.1) is 0 Å². The van der Waals surface area contributed by atoms with Gasteiger partial charge in [-0.1, -0.05) is 6.07 Å². The molecule has 22 heavy (non-hydrogen) atoms. The zero-order valence-corrected chi connectivity index (χ0v) is 12.7. The molecule has 3 rings (SSSR count). The van der Waals surface area contributed by atoms with Gasteiger partial charge >= 0.3 is 6.03 Å². The molecule has 5 heteroatoms. The average Bonchev–Trinajstić information content (AvgIpc) is 2.49. The summed E-state index contributed by atoms with van der Waals surface area (Å²) in [6, 6.07) is 7.78. The molecule has 1 aromatic heterocycles. The molecule has 116 valence electrons. The maximum atomic E-state index is 12.2. The van der Waals surface area contributed by atoms with Crippen LogP contribution in [0.15, 0.2) is 30.5 Å². The van der Waals surface area contributed by atoms with E-state index in [1.54, 1.807) is 6.20 Å². The van der Waals surface area contributed by atoms with Gasteiger partial charge in [0.25, 0.3) is 0 Å². The van der Waals surface area contributed by atoms with Crippen LogP contribution in [0.4, 0.5) is 10.5 Å². The van der Waals surface area contributed by atoms with E-state index in [0.717, 1.165) is 47.8 Å². The lowest BCUT2D eigenvalue weighted by molar-refractivity contribution is 0.118. The van der Waals surface area contributed by atoms with E-state index in [2.05, 4.69) is 15.6 Å². The van der Waals surface area contributed by atoms with Gasteiger partial charge in [-0.05, 0) is 56.4 Å². The number of benzene rings is 1. The van der Waals surface area contributed by atoms with Crippen molar-refractivity contribution in [3.8, 4) is 0 Å². The summed E-state index contributed by atoms with van der Waals surface area (Å²) in [7, 11) is 0. The van der Waals surface area contributed by atoms with Crippen LogP contribution in [0.1, 0.15) is 31.2 Å². The molecule has 0 spiro atoms. The molecular weight excluding hydrogens is 278 g/mol. The van der Waals surface area contributed by atoms with Crippen LogP contribution in [0, 0.1) is 6.92 Å². The van der Waals surface area contributed by atoms with Crippen molar-refractivity contribution in [1.82, 2.24) is 10.3 Å². The molecule has 0 radical (unpaired) electrons. The monoisotopic (exact) mass is 299 g/mol. The number of carbonyl (C=O) groups excluding carboxylic acids is 1. The molecule has 1 saturated carbocycles. The number of fused-ring (bicyclic) bond motifs is 1. The Morgan fingerprint density at radius 2 is 2.05 bits per heavy atom. The third kappa shape index (κ3) is 3.36. The highest BCUT2D eigenvalue weighted by atomic mass is 16.3. The molecular formula is C17H21N3O2. The lowest BCUT2D eigenvalue weighted by Crippen LogP contribution is -2.40. The van der Waals surface area contributed by atoms with Gasteiger partial charge in [0.05, 0.1) is 17.3 Å². The van der Waals surface area contributed by atoms with Gasteiger partial charge in [-0.2, -0.15) is 0 Å². The number of hydrogen-bond acceptors (Lipinski definition) is 3. The highest BCUT2D eigenvalue weighted by Crippen LogP contribution is 2.23. The van der Waals surface area contributed by atoms with Crippen LogP contribution in [0.3, 0.4) is 0 Å². The van der Waals surface area contributed by atoms with E-state index >= 15 is 0 Å². The summed E-state index contributed by atoms with van der Waals surface area (Å²) in [4.78, 5) is 16.6. The predicted octanol–water partition coefficient (Wildman–Crippen LogP) is 2.97. The molecule has 1 heterocycles. The van der Waals surface area contributed by atoms with Crippen LogP contribution in [-0.4, -0.2) is 28.3 Å². The lowest BCUT2D eigenvalue weighted by Gasteiger charge is -2.26. The summed E-state index contributed by atoms with van der Waals surface area (Å²) in [5.41, 5.74) is 2.60. The quantitative estimate of drug-likeness (QED) is 0.798. The van der Waals surface area contributed by atoms with Crippen molar-refractivity contribution in [2.45, 2.75) is 44.8 Å². The second-order valence-corrected chi connectivity index (χ2v) is 5.99. The van der Waals surface area contributed by atoms with E-state index in [0.29, 0.717) is 0 Å². The van der Waals surface area contributed by atoms with E-state index in [9.17, 15) is 9.90 Å². The van der Waals surface area contributed by atoms with Gasteiger partial charge in [0.15, 0.2) is 0 Å². The Bertz CT molecular complexity index is 679. The topological polar surface area (TPSA) is 74.2 Å². The van der Waals surface area contributed by atoms with E-state index in [-0.39, 0.29) is 18.2 Å². The van der Waals surface area contributed by atoms with Gasteiger partial charge < -0.3 is 15.7 Å². The van der Waals surface area contributed by atoms with Crippen LogP contribution in [0.25, 0.3) is 10.9 Å². The van der Waals surface area contributed by atoms with Crippen LogP contribution in [-0.2, 0) is 0 Å². The molecule has 0 aliphatic heterocycles. The van der Waals surface area contributed by atoms with Crippen LogP contribution in [0.2, 0.25) is 0 Å². The number of aliphatic hydroxyl groups excluding tert-OH is 1. The minimum absolute atomic E-state index is 0.132. The predicted molar refractivity (Wildman–Crippen MR) is 86.9 cm³/mol. The number of urea groups is 1. The van der Waals surface area contributed by atoms with Crippen molar-refractivity contribution in [2.75, 3.05) is 5.32 Å². The summed E-state index contributed by atoms with van der Waals surface area (Å²) >= 11 is 0. The Hall–Kier alpha value is -2.14. The highest BCUT2D eigenvalue weighted by Gasteiger charge is 2.21. The summed E-state index contributed by atoms with van der Waals surface area (Å²) < 4.78 is 0. The number of aliphatic hydroxyl groups is 1. The SMILES string of the molecule is Cc1cc(NC(=O)NC2CCC(O)CC2)c2ncccc2c1. The molecule has 1 aliphatic carbocycles. The van der Waals surface area contributed by atoms with E-state index in [4.69, 9.17) is 0 Å². The number of aryl methyl sites for hydroxylation is 1. The van der Waals surface area contributed by atoms with Crippen molar-refractivity contribution < 1.29 is 9.90 Å². The first kappa shape index (κ1) is 14.8. The molecule has 1 aliphatic rings. The smallest absolute Gasteiger partial charge is 0.319 e. The number of carbonyl (C=O) groups is 1. The molecule has 1 fully saturated rings. The Morgan fingerprint density at radius 3 is 2.82 bits per heavy atom. The van der Waals surface area contributed by atoms with Crippen molar-refractivity contribution >= 4 is 22.6 Å². The summed E-state index contributed by atoms with van der Waals surface area (Å²) in [6.07, 6.45) is 4.65. The zero-order valence-electron chi connectivity index (χ0n) is 12.7. The van der Waals surface area contributed by atoms with Gasteiger partial charge in [-0.25, -0.2) is 4.79 Å². The van der Waals surface area contributed by atoms with Crippen LogP contribution >= 0.6 is 0 Å². The highest BCUT2D eigenvalue weighted by molar-refractivity contribution is 6.00. The molecule has 0 atom stereocenters. The van der Waals surface area contributed by atoms with Crippen LogP contribution in [0.5, 0.6) is 0 Å². The average molecular weight is 299 g/mol. The fourth-order valence-corrected chi connectivity index (χ4v) is 3.00. The fourth-order valence-electron chi connectivity index (χ4n) is 3.00. The van der Waals surface area contributed by atoms with Crippen molar-refractivity contribution in [3.63, 3.8) is 0 Å². The number of aromatic nitrogens is 1. The standard InChI is InChI=1S/C17H21N3O2/c1-11-9-12-3-2-8-18-16(12)15(10-11)20-17(22)19-13-4-6-14(21)7-5-13/h2-3,8-10,13-14,21H,4-7H2,1H3,(H2,19,20,22). The number of nitrogens with zero attached hydrogens (tertiary/aromatic N) is 1. The second kappa shape index (κ2) is 6.32. The van der Waals surface area contributed by atoms with Gasteiger partial charge in [0, 0.05) is 17.6 Å². The normalized spacial score (nSPS) is 21.5. The first-order chi connectivity index (χ1) is 10.6. The molecule has 0 unspecified atom stereocenters. The Kier molecular flexibility index (Phi) is 4.24. The summed E-state index contributed by atoms with van der Waals surface area (Å²) in [5, 5.41) is 16.4. The minimum atomic E-state index is -0.217.